The number of hydrogen-bond acceptors (Lipinski definition) is 2. The van der Waals surface area contributed by atoms with E-state index >= 15 is 0 Å². The molecule has 0 radical (unpaired) electrons. The average Bonchev–Trinajstić information content (AvgIpc) is 2.19. The van der Waals surface area contributed by atoms with Gasteiger partial charge in [0, 0.05) is 21.6 Å². The summed E-state index contributed by atoms with van der Waals surface area (Å²) in [5.41, 5.74) is 0.640. The van der Waals surface area contributed by atoms with Crippen LogP contribution in [0.1, 0.15) is 24.2 Å². The molecule has 2 nitrogen and oxygen atoms in total. The second kappa shape index (κ2) is 5.05. The molecule has 0 heterocycles. The maximum absolute atomic E-state index is 11.6. The van der Waals surface area contributed by atoms with Crippen LogP contribution in [0.15, 0.2) is 30.3 Å². The Hall–Kier alpha value is -0.960. The van der Waals surface area contributed by atoms with Crippen LogP contribution >= 0.6 is 0 Å². The Morgan fingerprint density at radius 1 is 1.29 bits per heavy atom. The van der Waals surface area contributed by atoms with Gasteiger partial charge in [-0.3, -0.25) is 9.00 Å². The van der Waals surface area contributed by atoms with Crippen LogP contribution in [0.4, 0.5) is 0 Å². The van der Waals surface area contributed by atoms with Gasteiger partial charge in [-0.1, -0.05) is 44.2 Å². The predicted molar refractivity (Wildman–Crippen MR) is 58.9 cm³/mol. The van der Waals surface area contributed by atoms with Crippen molar-refractivity contribution in [3.63, 3.8) is 0 Å². The highest BCUT2D eigenvalue weighted by Gasteiger charge is 2.12. The first-order chi connectivity index (χ1) is 6.61. The van der Waals surface area contributed by atoms with Crippen molar-refractivity contribution in [2.24, 2.45) is 0 Å². The lowest BCUT2D eigenvalue weighted by molar-refractivity contribution is 0.102. The van der Waals surface area contributed by atoms with Crippen molar-refractivity contribution in [3.8, 4) is 0 Å². The van der Waals surface area contributed by atoms with Gasteiger partial charge in [0.15, 0.2) is 5.78 Å². The van der Waals surface area contributed by atoms with E-state index < -0.39 is 10.8 Å². The van der Waals surface area contributed by atoms with Crippen molar-refractivity contribution in [1.82, 2.24) is 0 Å². The third-order valence-electron chi connectivity index (χ3n) is 1.89. The van der Waals surface area contributed by atoms with E-state index in [9.17, 15) is 9.00 Å². The molecule has 1 rings (SSSR count). The third kappa shape index (κ3) is 3.07. The summed E-state index contributed by atoms with van der Waals surface area (Å²) in [4.78, 5) is 11.6. The molecule has 3 heteroatoms. The van der Waals surface area contributed by atoms with Gasteiger partial charge in [-0.25, -0.2) is 0 Å². The van der Waals surface area contributed by atoms with Crippen LogP contribution in [0.5, 0.6) is 0 Å². The Morgan fingerprint density at radius 2 is 1.86 bits per heavy atom. The Morgan fingerprint density at radius 3 is 2.36 bits per heavy atom. The monoisotopic (exact) mass is 210 g/mol. The minimum atomic E-state index is -1.05. The van der Waals surface area contributed by atoms with E-state index in [1.165, 1.54) is 0 Å². The molecule has 0 saturated carbocycles. The summed E-state index contributed by atoms with van der Waals surface area (Å²) in [6.07, 6.45) is 0. The SMILES string of the molecule is CC(C)S(=O)CC(=O)c1ccccc1. The molecule has 14 heavy (non-hydrogen) atoms. The van der Waals surface area contributed by atoms with Crippen molar-refractivity contribution >= 4 is 16.6 Å². The van der Waals surface area contributed by atoms with Crippen molar-refractivity contribution in [2.75, 3.05) is 5.75 Å². The highest BCUT2D eigenvalue weighted by Crippen LogP contribution is 2.03. The van der Waals surface area contributed by atoms with E-state index in [0.29, 0.717) is 5.56 Å². The van der Waals surface area contributed by atoms with E-state index in [0.717, 1.165) is 0 Å². The lowest BCUT2D eigenvalue weighted by Crippen LogP contribution is -2.17. The molecule has 0 aliphatic rings. The highest BCUT2D eigenvalue weighted by atomic mass is 32.2. The number of ketones is 1. The molecule has 1 unspecified atom stereocenters. The molecule has 0 aliphatic heterocycles. The predicted octanol–water partition coefficient (Wildman–Crippen LogP) is 2.03. The van der Waals surface area contributed by atoms with Gasteiger partial charge >= 0.3 is 0 Å². The minimum absolute atomic E-state index is 0.0439. The van der Waals surface area contributed by atoms with Gasteiger partial charge in [0.2, 0.25) is 0 Å². The molecule has 1 aromatic rings. The van der Waals surface area contributed by atoms with Crippen LogP contribution in [0.3, 0.4) is 0 Å². The number of hydrogen-bond donors (Lipinski definition) is 0. The molecule has 76 valence electrons. The van der Waals surface area contributed by atoms with Crippen LogP contribution in [0.2, 0.25) is 0 Å². The zero-order valence-corrected chi connectivity index (χ0v) is 9.21. The quantitative estimate of drug-likeness (QED) is 0.712. The first kappa shape index (κ1) is 11.1. The molecule has 0 amide bonds. The molecule has 0 aromatic heterocycles. The highest BCUT2D eigenvalue weighted by molar-refractivity contribution is 7.86. The first-order valence-corrected chi connectivity index (χ1v) is 5.95. The molecular weight excluding hydrogens is 196 g/mol. The van der Waals surface area contributed by atoms with Gasteiger partial charge < -0.3 is 0 Å². The maximum atomic E-state index is 11.6. The summed E-state index contributed by atoms with van der Waals surface area (Å²) in [6.45, 7) is 3.71. The number of Topliss-reactive ketones (excluding diaryl/α,β-unsaturated/α-hetero) is 1. The number of carbonyl (C=O) groups is 1. The zero-order valence-electron chi connectivity index (χ0n) is 8.40. The van der Waals surface area contributed by atoms with Crippen LogP contribution in [-0.2, 0) is 10.8 Å². The zero-order chi connectivity index (χ0) is 10.6. The number of carbonyl (C=O) groups excluding carboxylic acids is 1. The van der Waals surface area contributed by atoms with E-state index in [4.69, 9.17) is 0 Å². The number of rotatable bonds is 4. The summed E-state index contributed by atoms with van der Waals surface area (Å²) in [5, 5.41) is 0.0441. The number of benzene rings is 1. The summed E-state index contributed by atoms with van der Waals surface area (Å²) < 4.78 is 11.4. The minimum Gasteiger partial charge on any atom is -0.293 e. The van der Waals surface area contributed by atoms with E-state index in [1.54, 1.807) is 12.1 Å². The van der Waals surface area contributed by atoms with Gasteiger partial charge in [-0.2, -0.15) is 0 Å². The smallest absolute Gasteiger partial charge is 0.175 e. The topological polar surface area (TPSA) is 34.1 Å². The van der Waals surface area contributed by atoms with Crippen LogP contribution < -0.4 is 0 Å². The molecule has 1 atom stereocenters. The standard InChI is InChI=1S/C11H14O2S/c1-9(2)14(13)8-11(12)10-6-4-3-5-7-10/h3-7,9H,8H2,1-2H3. The molecule has 0 saturated heterocycles. The fraction of sp³-hybridized carbons (Fsp3) is 0.364. The summed E-state index contributed by atoms with van der Waals surface area (Å²) in [7, 11) is -1.05. The molecule has 0 fully saturated rings. The summed E-state index contributed by atoms with van der Waals surface area (Å²) in [5.74, 6) is 0.0828. The lowest BCUT2D eigenvalue weighted by atomic mass is 10.2. The molecule has 0 N–H and O–H groups in total. The Bertz CT molecular complexity index is 330. The largest absolute Gasteiger partial charge is 0.293 e. The molecule has 0 bridgehead atoms. The second-order valence-corrected chi connectivity index (χ2v) is 5.36. The Labute approximate surface area is 86.8 Å². The Kier molecular flexibility index (Phi) is 4.01. The van der Waals surface area contributed by atoms with Crippen molar-refractivity contribution in [1.29, 1.82) is 0 Å². The molecule has 1 aromatic carbocycles. The van der Waals surface area contributed by atoms with E-state index in [1.807, 2.05) is 32.0 Å². The van der Waals surface area contributed by atoms with Gasteiger partial charge in [0.25, 0.3) is 0 Å². The third-order valence-corrected chi connectivity index (χ3v) is 3.49. The lowest BCUT2D eigenvalue weighted by Gasteiger charge is -2.04. The van der Waals surface area contributed by atoms with Gasteiger partial charge in [-0.15, -0.1) is 0 Å². The fourth-order valence-corrected chi connectivity index (χ4v) is 1.76. The van der Waals surface area contributed by atoms with Gasteiger partial charge in [-0.05, 0) is 0 Å². The molecular formula is C11H14O2S. The van der Waals surface area contributed by atoms with Crippen molar-refractivity contribution in [3.05, 3.63) is 35.9 Å². The van der Waals surface area contributed by atoms with Crippen LogP contribution in [0, 0.1) is 0 Å². The summed E-state index contributed by atoms with van der Waals surface area (Å²) >= 11 is 0. The second-order valence-electron chi connectivity index (χ2n) is 3.36. The maximum Gasteiger partial charge on any atom is 0.175 e. The van der Waals surface area contributed by atoms with E-state index in [-0.39, 0.29) is 16.8 Å². The first-order valence-electron chi connectivity index (χ1n) is 4.56. The summed E-state index contributed by atoms with van der Waals surface area (Å²) in [6, 6.07) is 8.98. The average molecular weight is 210 g/mol. The Balaban J connectivity index is 2.65. The van der Waals surface area contributed by atoms with Crippen molar-refractivity contribution in [2.45, 2.75) is 19.1 Å². The van der Waals surface area contributed by atoms with Gasteiger partial charge in [0.05, 0.1) is 5.75 Å². The molecule has 0 spiro atoms. The van der Waals surface area contributed by atoms with Crippen molar-refractivity contribution < 1.29 is 9.00 Å². The normalized spacial score (nSPS) is 12.8. The van der Waals surface area contributed by atoms with Crippen LogP contribution in [-0.4, -0.2) is 21.0 Å². The van der Waals surface area contributed by atoms with Gasteiger partial charge in [0.1, 0.15) is 0 Å². The van der Waals surface area contributed by atoms with E-state index in [2.05, 4.69) is 0 Å². The fourth-order valence-electron chi connectivity index (χ4n) is 1.00. The van der Waals surface area contributed by atoms with Crippen LogP contribution in [0.25, 0.3) is 0 Å². The molecule has 0 aliphatic carbocycles.